The number of hydrogen-bond acceptors (Lipinski definition) is 2. The van der Waals surface area contributed by atoms with Crippen LogP contribution in [0.4, 0.5) is 0 Å². The third-order valence-corrected chi connectivity index (χ3v) is 2.62. The monoisotopic (exact) mass is 145 g/mol. The Kier molecular flexibility index (Phi) is 3.44. The van der Waals surface area contributed by atoms with Gasteiger partial charge in [0.05, 0.1) is 6.61 Å². The molecule has 0 amide bonds. The van der Waals surface area contributed by atoms with Gasteiger partial charge in [0, 0.05) is 6.42 Å². The predicted molar refractivity (Wildman–Crippen MR) is 41.4 cm³/mol. The maximum absolute atomic E-state index is 5.22. The van der Waals surface area contributed by atoms with Crippen molar-refractivity contribution in [3.63, 3.8) is 0 Å². The van der Waals surface area contributed by atoms with Crippen LogP contribution in [-0.2, 0) is 4.74 Å². The van der Waals surface area contributed by atoms with Crippen molar-refractivity contribution in [1.29, 1.82) is 0 Å². The van der Waals surface area contributed by atoms with Crippen molar-refractivity contribution in [2.75, 3.05) is 12.4 Å². The summed E-state index contributed by atoms with van der Waals surface area (Å²) in [6, 6.07) is 0. The first-order chi connectivity index (χ1) is 4.43. The van der Waals surface area contributed by atoms with Crippen molar-refractivity contribution in [2.24, 2.45) is 0 Å². The van der Waals surface area contributed by atoms with E-state index in [1.54, 1.807) is 0 Å². The van der Waals surface area contributed by atoms with Crippen LogP contribution in [0.25, 0.3) is 0 Å². The Hall–Kier alpha value is 0.310. The number of ether oxygens (including phenoxy) is 1. The van der Waals surface area contributed by atoms with Gasteiger partial charge in [0.2, 0.25) is 0 Å². The maximum Gasteiger partial charge on any atom is 0.105 e. The average Bonchev–Trinajstić information content (AvgIpc) is 1.76. The van der Waals surface area contributed by atoms with Crippen molar-refractivity contribution in [3.05, 3.63) is 6.92 Å². The summed E-state index contributed by atoms with van der Waals surface area (Å²) in [6.07, 6.45) is 3.53. The van der Waals surface area contributed by atoms with E-state index < -0.39 is 0 Å². The van der Waals surface area contributed by atoms with Gasteiger partial charge < -0.3 is 4.74 Å². The summed E-state index contributed by atoms with van der Waals surface area (Å²) < 4.78 is 5.22. The first-order valence-corrected chi connectivity index (χ1v) is 4.51. The lowest BCUT2D eigenvalue weighted by atomic mass is 10.4. The van der Waals surface area contributed by atoms with Crippen molar-refractivity contribution in [1.82, 2.24) is 0 Å². The van der Waals surface area contributed by atoms with Crippen LogP contribution in [0.15, 0.2) is 0 Å². The van der Waals surface area contributed by atoms with Crippen molar-refractivity contribution in [3.8, 4) is 0 Å². The Bertz CT molecular complexity index is 71.3. The number of unbranched alkanes of at least 4 members (excludes halogenated alkanes) is 1. The third-order valence-electron chi connectivity index (χ3n) is 1.36. The molecule has 0 aliphatic carbocycles. The molecule has 0 saturated carbocycles. The molecule has 1 nitrogen and oxygen atoms in total. The molecular weight excluding hydrogens is 132 g/mol. The Morgan fingerprint density at radius 2 is 2.44 bits per heavy atom. The highest BCUT2D eigenvalue weighted by Gasteiger charge is 2.16. The molecular formula is C7H13OS. The van der Waals surface area contributed by atoms with E-state index in [9.17, 15) is 0 Å². The molecule has 1 saturated heterocycles. The van der Waals surface area contributed by atoms with Crippen LogP contribution < -0.4 is 0 Å². The van der Waals surface area contributed by atoms with E-state index in [1.165, 1.54) is 18.6 Å². The highest BCUT2D eigenvalue weighted by molar-refractivity contribution is 7.99. The van der Waals surface area contributed by atoms with Gasteiger partial charge in [-0.3, -0.25) is 0 Å². The first kappa shape index (κ1) is 7.42. The lowest BCUT2D eigenvalue weighted by Gasteiger charge is -2.25. The molecule has 1 rings (SSSR count). The van der Waals surface area contributed by atoms with Gasteiger partial charge in [0.25, 0.3) is 0 Å². The smallest absolute Gasteiger partial charge is 0.105 e. The van der Waals surface area contributed by atoms with Crippen LogP contribution in [0.3, 0.4) is 0 Å². The van der Waals surface area contributed by atoms with E-state index in [-0.39, 0.29) is 0 Å². The van der Waals surface area contributed by atoms with Crippen LogP contribution in [0.5, 0.6) is 0 Å². The highest BCUT2D eigenvalue weighted by Crippen LogP contribution is 2.24. The van der Waals surface area contributed by atoms with E-state index in [0.717, 1.165) is 13.0 Å². The average molecular weight is 145 g/mol. The maximum atomic E-state index is 5.22. The van der Waals surface area contributed by atoms with E-state index in [4.69, 9.17) is 4.74 Å². The summed E-state index contributed by atoms with van der Waals surface area (Å²) in [4.78, 5) is 0. The molecule has 0 N–H and O–H groups in total. The topological polar surface area (TPSA) is 9.23 Å². The molecule has 0 aromatic heterocycles. The second kappa shape index (κ2) is 4.18. The van der Waals surface area contributed by atoms with Crippen molar-refractivity contribution < 1.29 is 4.74 Å². The molecule has 1 unspecified atom stereocenters. The second-order valence-electron chi connectivity index (χ2n) is 2.17. The molecule has 0 aromatic carbocycles. The Balaban J connectivity index is 1.80. The Morgan fingerprint density at radius 1 is 1.67 bits per heavy atom. The van der Waals surface area contributed by atoms with Crippen LogP contribution in [0.2, 0.25) is 0 Å². The van der Waals surface area contributed by atoms with Crippen molar-refractivity contribution in [2.45, 2.75) is 24.7 Å². The zero-order valence-corrected chi connectivity index (χ0v) is 6.45. The molecule has 1 heterocycles. The highest BCUT2D eigenvalue weighted by atomic mass is 32.2. The van der Waals surface area contributed by atoms with E-state index in [1.807, 2.05) is 11.8 Å². The van der Waals surface area contributed by atoms with Gasteiger partial charge in [0.15, 0.2) is 0 Å². The van der Waals surface area contributed by atoms with Crippen LogP contribution in [0, 0.1) is 6.92 Å². The molecule has 53 valence electrons. The molecule has 1 atom stereocenters. The van der Waals surface area contributed by atoms with Gasteiger partial charge in [-0.05, 0) is 12.2 Å². The van der Waals surface area contributed by atoms with Crippen molar-refractivity contribution >= 4 is 11.8 Å². The molecule has 2 heteroatoms. The van der Waals surface area contributed by atoms with Gasteiger partial charge in [0.1, 0.15) is 5.44 Å². The third kappa shape index (κ3) is 2.59. The van der Waals surface area contributed by atoms with Gasteiger partial charge in [-0.2, -0.15) is 0 Å². The standard InChI is InChI=1S/C7H13OS/c1-2-3-6-9-7-4-5-8-7/h7H,1-6H2. The van der Waals surface area contributed by atoms with Crippen LogP contribution in [0.1, 0.15) is 19.3 Å². The first-order valence-electron chi connectivity index (χ1n) is 3.46. The normalized spacial score (nSPS) is 25.7. The number of hydrogen-bond donors (Lipinski definition) is 0. The second-order valence-corrected chi connectivity index (χ2v) is 3.43. The van der Waals surface area contributed by atoms with Gasteiger partial charge in [-0.1, -0.05) is 13.3 Å². The minimum absolute atomic E-state index is 0.525. The van der Waals surface area contributed by atoms with E-state index in [0.29, 0.717) is 5.44 Å². The fourth-order valence-corrected chi connectivity index (χ4v) is 1.75. The van der Waals surface area contributed by atoms with E-state index in [2.05, 4.69) is 6.92 Å². The Labute approximate surface area is 61.2 Å². The van der Waals surface area contributed by atoms with Crippen LogP contribution >= 0.6 is 11.8 Å². The zero-order valence-electron chi connectivity index (χ0n) is 5.64. The lowest BCUT2D eigenvalue weighted by Crippen LogP contribution is -2.23. The molecule has 1 fully saturated rings. The Morgan fingerprint density at radius 3 is 2.89 bits per heavy atom. The summed E-state index contributed by atoms with van der Waals surface area (Å²) in [6.45, 7) is 4.75. The fraction of sp³-hybridized carbons (Fsp3) is 0.857. The predicted octanol–water partition coefficient (Wildman–Crippen LogP) is 2.08. The summed E-state index contributed by atoms with van der Waals surface area (Å²) in [5.74, 6) is 1.22. The van der Waals surface area contributed by atoms with Gasteiger partial charge >= 0.3 is 0 Å². The molecule has 1 radical (unpaired) electrons. The summed E-state index contributed by atoms with van der Waals surface area (Å²) in [5.41, 5.74) is 0.525. The number of thioether (sulfide) groups is 1. The molecule has 0 spiro atoms. The summed E-state index contributed by atoms with van der Waals surface area (Å²) in [7, 11) is 0. The summed E-state index contributed by atoms with van der Waals surface area (Å²) in [5, 5.41) is 0. The molecule has 1 aliphatic rings. The zero-order chi connectivity index (χ0) is 6.53. The summed E-state index contributed by atoms with van der Waals surface area (Å²) >= 11 is 1.93. The van der Waals surface area contributed by atoms with Gasteiger partial charge in [-0.25, -0.2) is 0 Å². The lowest BCUT2D eigenvalue weighted by molar-refractivity contribution is 0.00983. The minimum atomic E-state index is 0.525. The van der Waals surface area contributed by atoms with Gasteiger partial charge in [-0.15, -0.1) is 11.8 Å². The quantitative estimate of drug-likeness (QED) is 0.560. The van der Waals surface area contributed by atoms with E-state index >= 15 is 0 Å². The van der Waals surface area contributed by atoms with Crippen LogP contribution in [-0.4, -0.2) is 17.8 Å². The largest absolute Gasteiger partial charge is 0.367 e. The molecule has 9 heavy (non-hydrogen) atoms. The SMILES string of the molecule is [CH2]CCCSC1CCO1. The number of rotatable bonds is 4. The fourth-order valence-electron chi connectivity index (χ4n) is 0.662. The minimum Gasteiger partial charge on any atom is -0.367 e. The molecule has 1 aliphatic heterocycles. The molecule has 0 bridgehead atoms. The molecule has 0 aromatic rings.